The number of rotatable bonds is 7. The van der Waals surface area contributed by atoms with E-state index in [9.17, 15) is 15.0 Å². The fourth-order valence-electron chi connectivity index (χ4n) is 2.83. The molecule has 1 aliphatic rings. The van der Waals surface area contributed by atoms with Crippen molar-refractivity contribution in [2.75, 3.05) is 23.4 Å². The maximum atomic E-state index is 10.9. The van der Waals surface area contributed by atoms with Crippen molar-refractivity contribution >= 4 is 54.6 Å². The second-order valence-electron chi connectivity index (χ2n) is 7.10. The van der Waals surface area contributed by atoms with Crippen molar-refractivity contribution in [2.45, 2.75) is 37.0 Å². The van der Waals surface area contributed by atoms with Crippen LogP contribution in [0.1, 0.15) is 16.8 Å². The molecule has 37 heavy (non-hydrogen) atoms. The number of carbonyl (C=O) groups is 1. The van der Waals surface area contributed by atoms with Gasteiger partial charge in [0.1, 0.15) is 47.7 Å². The molecule has 2 aromatic heterocycles. The molecule has 0 aliphatic carbocycles. The summed E-state index contributed by atoms with van der Waals surface area (Å²) in [5.41, 5.74) is 11.8. The van der Waals surface area contributed by atoms with Crippen LogP contribution in [-0.2, 0) is 41.2 Å². The van der Waals surface area contributed by atoms with Crippen molar-refractivity contribution in [3.63, 3.8) is 0 Å². The van der Waals surface area contributed by atoms with Gasteiger partial charge in [0.15, 0.2) is 17.7 Å². The van der Waals surface area contributed by atoms with Gasteiger partial charge in [-0.25, -0.2) is 23.4 Å². The quantitative estimate of drug-likeness (QED) is 0.0868. The number of hydrogen-bond acceptors (Lipinski definition) is 14. The zero-order valence-corrected chi connectivity index (χ0v) is 20.8. The normalized spacial score (nSPS) is 24.9. The van der Waals surface area contributed by atoms with Gasteiger partial charge in [0.05, 0.1) is 16.6 Å². The average molecular weight is 598 g/mol. The van der Waals surface area contributed by atoms with E-state index in [0.29, 0.717) is 11.2 Å². The Balaban J connectivity index is 0.000000686. The first-order chi connectivity index (χ1) is 18.0. The fraction of sp³-hybridized carbons (Fsp3) is 0.600. The fourth-order valence-corrected chi connectivity index (χ4v) is 4.20. The molecule has 0 bridgehead atoms. The number of anilines is 1. The lowest BCUT2D eigenvalue weighted by Crippen LogP contribution is -2.37. The third-order valence-electron chi connectivity index (χ3n) is 4.36. The Morgan fingerprint density at radius 1 is 1.24 bits per heavy atom. The minimum atomic E-state index is -4.92. The van der Waals surface area contributed by atoms with E-state index >= 15 is 0 Å². The molecule has 0 spiro atoms. The van der Waals surface area contributed by atoms with Gasteiger partial charge in [0, 0.05) is 6.42 Å². The summed E-state index contributed by atoms with van der Waals surface area (Å²) in [4.78, 5) is 22.9. The largest absolute Gasteiger partial charge is 0.726 e. The lowest BCUT2D eigenvalue weighted by atomic mass is 10.1. The van der Waals surface area contributed by atoms with Crippen LogP contribution in [0.3, 0.4) is 0 Å². The summed E-state index contributed by atoms with van der Waals surface area (Å²) in [6.45, 7) is 0. The number of carboxylic acid groups (broad SMARTS) is 1. The molecule has 2 aromatic rings. The van der Waals surface area contributed by atoms with E-state index in [1.54, 1.807) is 0 Å². The third-order valence-corrected chi connectivity index (χ3v) is 5.82. The smallest absolute Gasteiger partial charge is 0.394 e. The molecule has 2 unspecified atom stereocenters. The summed E-state index contributed by atoms with van der Waals surface area (Å²) in [6, 6.07) is -1.18. The first kappa shape index (κ1) is 27.8. The van der Waals surface area contributed by atoms with E-state index in [1.165, 1.54) is 17.2 Å². The molecule has 3 heterocycles. The van der Waals surface area contributed by atoms with E-state index in [1.807, 2.05) is 0 Å². The van der Waals surface area contributed by atoms with Crippen LogP contribution < -0.4 is 11.5 Å². The molecule has 1 fully saturated rings. The summed E-state index contributed by atoms with van der Waals surface area (Å²) in [6.07, 6.45) is -4.65. The first-order valence-corrected chi connectivity index (χ1v) is 13.8. The lowest BCUT2D eigenvalue weighted by Gasteiger charge is -2.16. The number of aliphatic hydroxyl groups is 2. The van der Waals surface area contributed by atoms with Crippen LogP contribution in [0.15, 0.2) is 12.7 Å². The highest BCUT2D eigenvalue weighted by molar-refractivity contribution is 7.96. The Morgan fingerprint density at radius 2 is 1.81 bits per heavy atom. The average Bonchev–Trinajstić information content (AvgIpc) is 3.30. The Kier molecular flexibility index (Phi) is 10.1. The van der Waals surface area contributed by atoms with E-state index in [2.05, 4.69) is 15.0 Å². The second kappa shape index (κ2) is 13.5. The van der Waals surface area contributed by atoms with Crippen molar-refractivity contribution in [1.82, 2.24) is 19.5 Å². The topological polar surface area (TPSA) is 335 Å². The Morgan fingerprint density at radius 3 is 2.32 bits per heavy atom. The van der Waals surface area contributed by atoms with Crippen LogP contribution in [0.5, 0.6) is 0 Å². The molecule has 10 N–H and O–H groups in total. The maximum absolute atomic E-state index is 10.9. The second-order valence-corrected chi connectivity index (χ2v) is 10.6. The summed E-state index contributed by atoms with van der Waals surface area (Å²) in [5.74, 6) is -1.15. The Bertz CT molecular complexity index is 1310. The van der Waals surface area contributed by atoms with Crippen molar-refractivity contribution < 1.29 is 64.0 Å². The number of carboxylic acids is 1. The summed E-state index contributed by atoms with van der Waals surface area (Å²) in [7, 11) is -10.9. The van der Waals surface area contributed by atoms with Gasteiger partial charge in [-0.1, -0.05) is 0 Å². The van der Waals surface area contributed by atoms with E-state index in [4.69, 9.17) is 60.5 Å². The van der Waals surface area contributed by atoms with Gasteiger partial charge in [-0.3, -0.25) is 23.0 Å². The number of ether oxygens (including phenoxy) is 1. The van der Waals surface area contributed by atoms with Crippen LogP contribution in [0, 0.1) is 0 Å². The lowest BCUT2D eigenvalue weighted by molar-refractivity contribution is -0.138. The number of aliphatic hydroxyl groups excluding tert-OH is 2. The van der Waals surface area contributed by atoms with E-state index in [0.717, 1.165) is 0 Å². The SMILES string of the molecule is O=S(=O)(O)O.O=S(=O)([O-])O.[2H]C([2H])([2H])[S+](CC[C@H](N)C(=O)O)C[C@H]1O[C@@H](n2cnc3c(N)ncnc32)C(O)[C@H]1O. The van der Waals surface area contributed by atoms with Crippen LogP contribution in [0.25, 0.3) is 11.2 Å². The number of imidazole rings is 1. The molecular weight excluding hydrogens is 568 g/mol. The van der Waals surface area contributed by atoms with Gasteiger partial charge < -0.3 is 36.1 Å². The number of nitrogens with zero attached hydrogens (tertiary/aromatic N) is 4. The standard InChI is InChI=1S/C15H22N6O5S.2H2O4S/c1-27(3-2-7(16)15(24)25)4-8-10(22)11(23)14(26-8)21-6-20-9-12(17)18-5-19-13(9)21;2*1-5(2,3)4/h5-8,10-11,14,22-23H,2-4,16H2,1H3,(H2-,17,18,19,24,25);2*(H2,1,2,3,4)/t7-,8+,10-,11?,14+,27?;;/m0../s1/i1D3;;. The maximum Gasteiger partial charge on any atom is 0.394 e. The predicted molar refractivity (Wildman–Crippen MR) is 125 cm³/mol. The monoisotopic (exact) mass is 597 g/mol. The summed E-state index contributed by atoms with van der Waals surface area (Å²) >= 11 is 0. The zero-order valence-electron chi connectivity index (χ0n) is 21.4. The molecule has 1 saturated heterocycles. The van der Waals surface area contributed by atoms with Gasteiger partial charge in [-0.05, 0) is 10.9 Å². The van der Waals surface area contributed by atoms with E-state index < -0.39 is 74.4 Å². The van der Waals surface area contributed by atoms with Crippen molar-refractivity contribution in [2.24, 2.45) is 5.73 Å². The highest BCUT2D eigenvalue weighted by Gasteiger charge is 2.46. The zero-order chi connectivity index (χ0) is 31.2. The molecule has 6 atom stereocenters. The van der Waals surface area contributed by atoms with Crippen LogP contribution in [0.4, 0.5) is 5.82 Å². The molecule has 0 radical (unpaired) electrons. The van der Waals surface area contributed by atoms with Crippen LogP contribution in [0.2, 0.25) is 0 Å². The number of aromatic nitrogens is 4. The van der Waals surface area contributed by atoms with Crippen molar-refractivity contribution in [3.05, 3.63) is 12.7 Å². The predicted octanol–water partition coefficient (Wildman–Crippen LogP) is -3.57. The van der Waals surface area contributed by atoms with Gasteiger partial charge in [0.25, 0.3) is 0 Å². The molecular formula is C15H26N6O13S3. The van der Waals surface area contributed by atoms with Crippen LogP contribution >= 0.6 is 0 Å². The molecule has 19 nitrogen and oxygen atoms in total. The highest BCUT2D eigenvalue weighted by atomic mass is 32.3. The van der Waals surface area contributed by atoms with Crippen LogP contribution in [-0.4, -0.2) is 118 Å². The molecule has 0 amide bonds. The molecule has 1 aliphatic heterocycles. The number of fused-ring (bicyclic) bond motifs is 1. The first-order valence-electron chi connectivity index (χ1n) is 11.0. The molecule has 212 valence electrons. The Labute approximate surface area is 217 Å². The molecule has 0 aromatic carbocycles. The number of aliphatic carboxylic acids is 1. The van der Waals surface area contributed by atoms with Gasteiger partial charge in [-0.2, -0.15) is 8.42 Å². The minimum Gasteiger partial charge on any atom is -0.726 e. The molecule has 22 heteroatoms. The highest BCUT2D eigenvalue weighted by Crippen LogP contribution is 2.32. The molecule has 3 rings (SSSR count). The number of hydrogen-bond donors (Lipinski definition) is 8. The summed E-state index contributed by atoms with van der Waals surface area (Å²) in [5, 5.41) is 29.9. The molecule has 0 saturated carbocycles. The Hall–Kier alpha value is -2.25. The van der Waals surface area contributed by atoms with Gasteiger partial charge in [-0.15, -0.1) is 0 Å². The number of nitrogen functional groups attached to an aromatic ring is 1. The van der Waals surface area contributed by atoms with Gasteiger partial charge >= 0.3 is 16.4 Å². The van der Waals surface area contributed by atoms with E-state index in [-0.39, 0.29) is 23.7 Å². The van der Waals surface area contributed by atoms with Gasteiger partial charge in [0.2, 0.25) is 10.4 Å². The third kappa shape index (κ3) is 11.8. The van der Waals surface area contributed by atoms with Crippen molar-refractivity contribution in [3.8, 4) is 0 Å². The number of nitrogens with two attached hydrogens (primary N) is 2. The summed E-state index contributed by atoms with van der Waals surface area (Å²) < 4.78 is 94.9. The van der Waals surface area contributed by atoms with Crippen molar-refractivity contribution in [1.29, 1.82) is 0 Å². The minimum absolute atomic E-state index is 0.0229.